The van der Waals surface area contributed by atoms with Crippen LogP contribution in [-0.2, 0) is 16.0 Å². The lowest BCUT2D eigenvalue weighted by Crippen LogP contribution is -2.44. The lowest BCUT2D eigenvalue weighted by molar-refractivity contribution is -0.384. The van der Waals surface area contributed by atoms with Gasteiger partial charge in [0.25, 0.3) is 5.69 Å². The van der Waals surface area contributed by atoms with Crippen molar-refractivity contribution in [1.29, 1.82) is 0 Å². The van der Waals surface area contributed by atoms with Crippen molar-refractivity contribution < 1.29 is 14.4 Å². The predicted octanol–water partition coefficient (Wildman–Crippen LogP) is 1.84. The Morgan fingerprint density at radius 3 is 3.08 bits per heavy atom. The Hall–Kier alpha value is -2.19. The van der Waals surface area contributed by atoms with Crippen molar-refractivity contribution >= 4 is 11.6 Å². The average Bonchev–Trinajstić information content (AvgIpc) is 3.12. The number of aliphatic imine (C=N–C) groups is 1. The van der Waals surface area contributed by atoms with Gasteiger partial charge in [0.2, 0.25) is 0 Å². The van der Waals surface area contributed by atoms with E-state index < -0.39 is 4.92 Å². The first kappa shape index (κ1) is 19.1. The highest BCUT2D eigenvalue weighted by molar-refractivity contribution is 5.80. The van der Waals surface area contributed by atoms with Crippen LogP contribution in [0.1, 0.15) is 25.8 Å². The van der Waals surface area contributed by atoms with Gasteiger partial charge < -0.3 is 20.1 Å². The zero-order valence-electron chi connectivity index (χ0n) is 14.7. The largest absolute Gasteiger partial charge is 0.379 e. The minimum atomic E-state index is -0.400. The van der Waals surface area contributed by atoms with E-state index >= 15 is 0 Å². The number of ether oxygens (including phenoxy) is 2. The molecule has 0 radical (unpaired) electrons. The van der Waals surface area contributed by atoms with E-state index in [1.54, 1.807) is 12.1 Å². The van der Waals surface area contributed by atoms with Crippen molar-refractivity contribution in [2.75, 3.05) is 26.4 Å². The quantitative estimate of drug-likeness (QED) is 0.321. The number of nitrogens with zero attached hydrogens (tertiary/aromatic N) is 2. The standard InChI is InChI=1S/C17H26N4O4/c1-3-18-17(20-13(2)11-25-16-7-8-24-12-16)19-10-14-5-4-6-15(9-14)21(22)23/h4-6,9,13,16H,3,7-8,10-12H2,1-2H3,(H2,18,19,20). The summed E-state index contributed by atoms with van der Waals surface area (Å²) in [4.78, 5) is 14.9. The minimum absolute atomic E-state index is 0.0752. The van der Waals surface area contributed by atoms with Crippen molar-refractivity contribution in [3.63, 3.8) is 0 Å². The fourth-order valence-corrected chi connectivity index (χ4v) is 2.46. The van der Waals surface area contributed by atoms with E-state index in [9.17, 15) is 10.1 Å². The number of rotatable bonds is 8. The molecule has 1 aromatic rings. The summed E-state index contributed by atoms with van der Waals surface area (Å²) >= 11 is 0. The van der Waals surface area contributed by atoms with E-state index in [0.29, 0.717) is 25.7 Å². The van der Waals surface area contributed by atoms with E-state index in [4.69, 9.17) is 9.47 Å². The first-order valence-electron chi connectivity index (χ1n) is 8.56. The molecule has 0 saturated carbocycles. The molecule has 138 valence electrons. The van der Waals surface area contributed by atoms with Crippen molar-refractivity contribution in [2.24, 2.45) is 4.99 Å². The molecular formula is C17H26N4O4. The highest BCUT2D eigenvalue weighted by Crippen LogP contribution is 2.13. The van der Waals surface area contributed by atoms with Crippen LogP contribution in [0.15, 0.2) is 29.3 Å². The van der Waals surface area contributed by atoms with Crippen LogP contribution in [0.5, 0.6) is 0 Å². The van der Waals surface area contributed by atoms with Crippen LogP contribution in [0.3, 0.4) is 0 Å². The molecule has 8 heteroatoms. The SMILES string of the molecule is CCNC(=NCc1cccc([N+](=O)[O-])c1)NC(C)COC1CCOC1. The first-order chi connectivity index (χ1) is 12.1. The summed E-state index contributed by atoms with van der Waals surface area (Å²) in [5.74, 6) is 0.660. The molecule has 0 bridgehead atoms. The maximum Gasteiger partial charge on any atom is 0.269 e. The summed E-state index contributed by atoms with van der Waals surface area (Å²) in [5.41, 5.74) is 0.865. The van der Waals surface area contributed by atoms with Gasteiger partial charge in [-0.2, -0.15) is 0 Å². The van der Waals surface area contributed by atoms with E-state index in [1.807, 2.05) is 19.9 Å². The summed E-state index contributed by atoms with van der Waals surface area (Å²) in [6, 6.07) is 6.60. The van der Waals surface area contributed by atoms with Gasteiger partial charge in [0.1, 0.15) is 0 Å². The molecule has 1 fully saturated rings. The Bertz CT molecular complexity index is 588. The summed E-state index contributed by atoms with van der Waals surface area (Å²) in [6.07, 6.45) is 1.11. The lowest BCUT2D eigenvalue weighted by Gasteiger charge is -2.19. The van der Waals surface area contributed by atoms with Gasteiger partial charge in [0.15, 0.2) is 5.96 Å². The zero-order chi connectivity index (χ0) is 18.1. The van der Waals surface area contributed by atoms with Gasteiger partial charge >= 0.3 is 0 Å². The average molecular weight is 350 g/mol. The Balaban J connectivity index is 1.88. The molecule has 1 aliphatic rings. The van der Waals surface area contributed by atoms with Crippen molar-refractivity contribution in [3.05, 3.63) is 39.9 Å². The Labute approximate surface area is 147 Å². The predicted molar refractivity (Wildman–Crippen MR) is 95.7 cm³/mol. The molecule has 2 unspecified atom stereocenters. The van der Waals surface area contributed by atoms with E-state index in [1.165, 1.54) is 6.07 Å². The normalized spacial score (nSPS) is 18.8. The Kier molecular flexibility index (Phi) is 7.62. The van der Waals surface area contributed by atoms with Gasteiger partial charge in [-0.05, 0) is 25.8 Å². The van der Waals surface area contributed by atoms with Crippen LogP contribution in [0, 0.1) is 10.1 Å². The zero-order valence-corrected chi connectivity index (χ0v) is 14.7. The van der Waals surface area contributed by atoms with Crippen LogP contribution in [0.4, 0.5) is 5.69 Å². The van der Waals surface area contributed by atoms with Crippen LogP contribution < -0.4 is 10.6 Å². The number of nitro benzene ring substituents is 1. The molecule has 2 N–H and O–H groups in total. The molecule has 0 amide bonds. The maximum atomic E-state index is 10.8. The molecule has 25 heavy (non-hydrogen) atoms. The van der Waals surface area contributed by atoms with Crippen molar-refractivity contribution in [2.45, 2.75) is 39.0 Å². The topological polar surface area (TPSA) is 98.0 Å². The van der Waals surface area contributed by atoms with Crippen LogP contribution in [0.2, 0.25) is 0 Å². The van der Waals surface area contributed by atoms with Crippen LogP contribution in [0.25, 0.3) is 0 Å². The third-order valence-electron chi connectivity index (χ3n) is 3.74. The van der Waals surface area contributed by atoms with Gasteiger partial charge in [0, 0.05) is 31.3 Å². The number of hydrogen-bond donors (Lipinski definition) is 2. The number of guanidine groups is 1. The molecule has 1 saturated heterocycles. The summed E-state index contributed by atoms with van der Waals surface area (Å²) in [7, 11) is 0. The van der Waals surface area contributed by atoms with Gasteiger partial charge in [-0.3, -0.25) is 10.1 Å². The molecule has 1 aliphatic heterocycles. The third kappa shape index (κ3) is 6.67. The van der Waals surface area contributed by atoms with Gasteiger partial charge in [-0.25, -0.2) is 4.99 Å². The summed E-state index contributed by atoms with van der Waals surface area (Å²) < 4.78 is 11.1. The van der Waals surface area contributed by atoms with E-state index in [2.05, 4.69) is 15.6 Å². The van der Waals surface area contributed by atoms with Gasteiger partial charge in [0.05, 0.1) is 30.8 Å². The molecule has 2 rings (SSSR count). The lowest BCUT2D eigenvalue weighted by atomic mass is 10.2. The van der Waals surface area contributed by atoms with Crippen LogP contribution in [-0.4, -0.2) is 49.4 Å². The first-order valence-corrected chi connectivity index (χ1v) is 8.56. The Morgan fingerprint density at radius 1 is 1.56 bits per heavy atom. The van der Waals surface area contributed by atoms with E-state index in [-0.39, 0.29) is 17.8 Å². The molecule has 0 aromatic heterocycles. The maximum absolute atomic E-state index is 10.8. The van der Waals surface area contributed by atoms with E-state index in [0.717, 1.165) is 25.1 Å². The van der Waals surface area contributed by atoms with Crippen LogP contribution >= 0.6 is 0 Å². The third-order valence-corrected chi connectivity index (χ3v) is 3.74. The molecule has 8 nitrogen and oxygen atoms in total. The number of nitrogens with one attached hydrogen (secondary N) is 2. The smallest absolute Gasteiger partial charge is 0.269 e. The highest BCUT2D eigenvalue weighted by atomic mass is 16.6. The summed E-state index contributed by atoms with van der Waals surface area (Å²) in [5, 5.41) is 17.3. The second kappa shape index (κ2) is 9.95. The number of benzene rings is 1. The van der Waals surface area contributed by atoms with Crippen molar-refractivity contribution in [3.8, 4) is 0 Å². The molecular weight excluding hydrogens is 324 g/mol. The Morgan fingerprint density at radius 2 is 2.40 bits per heavy atom. The fraction of sp³-hybridized carbons (Fsp3) is 0.588. The summed E-state index contributed by atoms with van der Waals surface area (Å²) in [6.45, 7) is 7.09. The second-order valence-electron chi connectivity index (χ2n) is 5.99. The second-order valence-corrected chi connectivity index (χ2v) is 5.99. The molecule has 1 aromatic carbocycles. The van der Waals surface area contributed by atoms with Gasteiger partial charge in [-0.1, -0.05) is 12.1 Å². The van der Waals surface area contributed by atoms with Gasteiger partial charge in [-0.15, -0.1) is 0 Å². The monoisotopic (exact) mass is 350 g/mol. The number of hydrogen-bond acceptors (Lipinski definition) is 5. The number of nitro groups is 1. The molecule has 0 aliphatic carbocycles. The molecule has 0 spiro atoms. The number of non-ortho nitro benzene ring substituents is 1. The highest BCUT2D eigenvalue weighted by Gasteiger charge is 2.17. The molecule has 1 heterocycles. The minimum Gasteiger partial charge on any atom is -0.379 e. The fourth-order valence-electron chi connectivity index (χ4n) is 2.46. The van der Waals surface area contributed by atoms with Crippen molar-refractivity contribution in [1.82, 2.24) is 10.6 Å². The molecule has 2 atom stereocenters.